The monoisotopic (exact) mass is 368 g/mol. The number of Topliss-reactive ketones (excluding diaryl/α,β-unsaturated/α-hetero) is 1. The quantitative estimate of drug-likeness (QED) is 0.646. The number of fused-ring (bicyclic) bond motifs is 5. The van der Waals surface area contributed by atoms with Gasteiger partial charge in [0.05, 0.1) is 10.9 Å². The zero-order valence-electron chi connectivity index (χ0n) is 13.9. The third kappa shape index (κ3) is 1.90. The number of aliphatic hydroxyl groups excluding tert-OH is 1. The van der Waals surface area contributed by atoms with Crippen LogP contribution >= 0.6 is 15.9 Å². The zero-order chi connectivity index (χ0) is 15.7. The summed E-state index contributed by atoms with van der Waals surface area (Å²) in [6.45, 7) is 4.82. The van der Waals surface area contributed by atoms with Crippen LogP contribution in [0, 0.1) is 34.5 Å². The van der Waals surface area contributed by atoms with Crippen LogP contribution in [-0.2, 0) is 4.79 Å². The smallest absolute Gasteiger partial charge is 0.146 e. The average molecular weight is 369 g/mol. The van der Waals surface area contributed by atoms with E-state index in [1.54, 1.807) is 0 Å². The summed E-state index contributed by atoms with van der Waals surface area (Å²) in [4.78, 5) is 12.2. The van der Waals surface area contributed by atoms with Crippen molar-refractivity contribution in [2.45, 2.75) is 76.1 Å². The number of rotatable bonds is 0. The van der Waals surface area contributed by atoms with Crippen molar-refractivity contribution < 1.29 is 9.90 Å². The second-order valence-electron chi connectivity index (χ2n) is 9.07. The summed E-state index contributed by atoms with van der Waals surface area (Å²) in [5.41, 5.74) is 0.502. The highest BCUT2D eigenvalue weighted by Crippen LogP contribution is 2.66. The van der Waals surface area contributed by atoms with Crippen molar-refractivity contribution in [2.75, 3.05) is 0 Å². The van der Waals surface area contributed by atoms with E-state index in [4.69, 9.17) is 0 Å². The molecule has 0 saturated heterocycles. The van der Waals surface area contributed by atoms with E-state index in [9.17, 15) is 9.90 Å². The van der Waals surface area contributed by atoms with E-state index < -0.39 is 0 Å². The highest BCUT2D eigenvalue weighted by molar-refractivity contribution is 9.10. The lowest BCUT2D eigenvalue weighted by molar-refractivity contribution is -0.140. The fourth-order valence-electron chi connectivity index (χ4n) is 7.06. The summed E-state index contributed by atoms with van der Waals surface area (Å²) in [5, 5.41) is 10.5. The van der Waals surface area contributed by atoms with Crippen LogP contribution in [0.1, 0.15) is 65.2 Å². The molecule has 0 spiro atoms. The van der Waals surface area contributed by atoms with E-state index in [2.05, 4.69) is 29.8 Å². The van der Waals surface area contributed by atoms with Crippen LogP contribution in [0.25, 0.3) is 0 Å². The normalized spacial score (nSPS) is 57.9. The third-order valence-corrected chi connectivity index (χ3v) is 9.61. The Hall–Kier alpha value is 0.110. The molecule has 2 nitrogen and oxygen atoms in total. The second-order valence-corrected chi connectivity index (χ2v) is 10.1. The summed E-state index contributed by atoms with van der Waals surface area (Å²) in [6.07, 6.45) is 8.90. The summed E-state index contributed by atoms with van der Waals surface area (Å²) in [7, 11) is 0. The molecular formula is C19H29BrO2. The zero-order valence-corrected chi connectivity index (χ0v) is 15.4. The maximum absolute atomic E-state index is 12.1. The summed E-state index contributed by atoms with van der Waals surface area (Å²) in [5.74, 6) is 3.22. The first-order valence-electron chi connectivity index (χ1n) is 9.23. The van der Waals surface area contributed by atoms with Crippen LogP contribution < -0.4 is 0 Å². The molecule has 4 aliphatic carbocycles. The van der Waals surface area contributed by atoms with Gasteiger partial charge in [-0.15, -0.1) is 0 Å². The number of alkyl halides is 1. The predicted molar refractivity (Wildman–Crippen MR) is 90.8 cm³/mol. The fraction of sp³-hybridized carbons (Fsp3) is 0.947. The Morgan fingerprint density at radius 1 is 0.955 bits per heavy atom. The van der Waals surface area contributed by atoms with Gasteiger partial charge < -0.3 is 5.11 Å². The Morgan fingerprint density at radius 2 is 1.64 bits per heavy atom. The molecule has 1 N–H and O–H groups in total. The molecular weight excluding hydrogens is 340 g/mol. The number of hydrogen-bond acceptors (Lipinski definition) is 2. The molecule has 0 aliphatic heterocycles. The van der Waals surface area contributed by atoms with Gasteiger partial charge in [0.1, 0.15) is 5.78 Å². The van der Waals surface area contributed by atoms with Crippen molar-refractivity contribution in [1.29, 1.82) is 0 Å². The highest BCUT2D eigenvalue weighted by atomic mass is 79.9. The molecule has 0 radical (unpaired) electrons. The molecule has 4 rings (SSSR count). The molecule has 0 aromatic rings. The average Bonchev–Trinajstić information content (AvgIpc) is 2.79. The molecule has 4 aliphatic rings. The van der Waals surface area contributed by atoms with E-state index >= 15 is 0 Å². The van der Waals surface area contributed by atoms with Gasteiger partial charge >= 0.3 is 0 Å². The number of aliphatic hydroxyl groups is 1. The first-order valence-corrected chi connectivity index (χ1v) is 10.1. The summed E-state index contributed by atoms with van der Waals surface area (Å²) < 4.78 is 0. The highest BCUT2D eigenvalue weighted by Gasteiger charge is 2.61. The Kier molecular flexibility index (Phi) is 3.59. The van der Waals surface area contributed by atoms with Gasteiger partial charge in [-0.05, 0) is 79.4 Å². The van der Waals surface area contributed by atoms with Crippen molar-refractivity contribution in [3.8, 4) is 0 Å². The van der Waals surface area contributed by atoms with Crippen molar-refractivity contribution in [1.82, 2.24) is 0 Å². The predicted octanol–water partition coefficient (Wildman–Crippen LogP) is 4.33. The molecule has 0 aromatic carbocycles. The fourth-order valence-corrected chi connectivity index (χ4v) is 8.16. The lowest BCUT2D eigenvalue weighted by atomic mass is 9.45. The molecule has 0 amide bonds. The van der Waals surface area contributed by atoms with Gasteiger partial charge in [0.15, 0.2) is 0 Å². The second kappa shape index (κ2) is 5.05. The van der Waals surface area contributed by atoms with Gasteiger partial charge in [0.2, 0.25) is 0 Å². The van der Waals surface area contributed by atoms with Gasteiger partial charge in [-0.1, -0.05) is 29.8 Å². The van der Waals surface area contributed by atoms with Crippen LogP contribution in [0.3, 0.4) is 0 Å². The van der Waals surface area contributed by atoms with Crippen LogP contribution in [-0.4, -0.2) is 21.8 Å². The van der Waals surface area contributed by atoms with Gasteiger partial charge in [-0.3, -0.25) is 4.79 Å². The number of carbonyl (C=O) groups excluding carboxylic acids is 1. The largest absolute Gasteiger partial charge is 0.393 e. The number of carbonyl (C=O) groups is 1. The van der Waals surface area contributed by atoms with Crippen molar-refractivity contribution in [2.24, 2.45) is 34.5 Å². The molecule has 0 unspecified atom stereocenters. The van der Waals surface area contributed by atoms with E-state index in [-0.39, 0.29) is 16.3 Å². The first-order chi connectivity index (χ1) is 10.4. The standard InChI is InChI=1S/C19H29BrO2/c1-18-10-8-15(21)17(20)14(18)4-3-11-12-5-6-16(22)19(12,2)9-7-13(11)18/h11-14,16-17,22H,3-10H2,1-2H3/t11-,12+,13-,14+,16-,17+,18+,19+/m0/s1. The maximum Gasteiger partial charge on any atom is 0.146 e. The molecule has 4 saturated carbocycles. The van der Waals surface area contributed by atoms with Crippen LogP contribution in [0.4, 0.5) is 0 Å². The summed E-state index contributed by atoms with van der Waals surface area (Å²) in [6, 6.07) is 0. The molecule has 8 atom stereocenters. The lowest BCUT2D eigenvalue weighted by Gasteiger charge is -2.60. The molecule has 0 heterocycles. The van der Waals surface area contributed by atoms with E-state index in [1.807, 2.05) is 0 Å². The topological polar surface area (TPSA) is 37.3 Å². The molecule has 0 aromatic heterocycles. The van der Waals surface area contributed by atoms with Gasteiger partial charge in [0.25, 0.3) is 0 Å². The van der Waals surface area contributed by atoms with Crippen LogP contribution in [0.5, 0.6) is 0 Å². The minimum Gasteiger partial charge on any atom is -0.393 e. The third-order valence-electron chi connectivity index (χ3n) is 8.46. The van der Waals surface area contributed by atoms with Crippen LogP contribution in [0.15, 0.2) is 0 Å². The number of halogens is 1. The summed E-state index contributed by atoms with van der Waals surface area (Å²) >= 11 is 3.73. The van der Waals surface area contributed by atoms with Gasteiger partial charge in [-0.2, -0.15) is 0 Å². The molecule has 22 heavy (non-hydrogen) atoms. The molecule has 4 fully saturated rings. The van der Waals surface area contributed by atoms with Crippen molar-refractivity contribution >= 4 is 21.7 Å². The van der Waals surface area contributed by atoms with Gasteiger partial charge in [-0.25, -0.2) is 0 Å². The Morgan fingerprint density at radius 3 is 2.41 bits per heavy atom. The maximum atomic E-state index is 12.1. The van der Waals surface area contributed by atoms with Gasteiger partial charge in [0, 0.05) is 6.42 Å². The Labute approximate surface area is 142 Å². The molecule has 3 heteroatoms. The lowest BCUT2D eigenvalue weighted by Crippen LogP contribution is -2.56. The van der Waals surface area contributed by atoms with Crippen LogP contribution in [0.2, 0.25) is 0 Å². The number of ketones is 1. The van der Waals surface area contributed by atoms with Crippen molar-refractivity contribution in [3.63, 3.8) is 0 Å². The first kappa shape index (κ1) is 15.6. The van der Waals surface area contributed by atoms with Crippen molar-refractivity contribution in [3.05, 3.63) is 0 Å². The van der Waals surface area contributed by atoms with E-state index in [0.717, 1.165) is 31.1 Å². The molecule has 124 valence electrons. The minimum atomic E-state index is -0.0826. The molecule has 0 bridgehead atoms. The Bertz CT molecular complexity index is 492. The number of hydrogen-bond donors (Lipinski definition) is 1. The van der Waals surface area contributed by atoms with E-state index in [1.165, 1.54) is 32.1 Å². The minimum absolute atomic E-state index is 0.0826. The van der Waals surface area contributed by atoms with E-state index in [0.29, 0.717) is 23.0 Å². The Balaban J connectivity index is 1.65. The SMILES string of the molecule is C[C@]12CCC(=O)[C@H](Br)[C@H]1CC[C@H]1[C@H]3CC[C@H](O)[C@]3(C)CC[C@@H]12.